The van der Waals surface area contributed by atoms with Crippen molar-refractivity contribution in [3.8, 4) is 0 Å². The van der Waals surface area contributed by atoms with Gasteiger partial charge in [-0.2, -0.15) is 0 Å². The molecule has 0 saturated heterocycles. The molecule has 1 aromatic carbocycles. The molecule has 2 nitrogen and oxygen atoms in total. The summed E-state index contributed by atoms with van der Waals surface area (Å²) in [5.74, 6) is 0. The van der Waals surface area contributed by atoms with Crippen molar-refractivity contribution in [3.63, 3.8) is 0 Å². The largest absolute Gasteiger partial charge is 0.373 e. The quantitative estimate of drug-likeness (QED) is 0.845. The van der Waals surface area contributed by atoms with Crippen LogP contribution in [0.1, 0.15) is 30.4 Å². The normalized spacial score (nSPS) is 18.0. The van der Waals surface area contributed by atoms with Crippen molar-refractivity contribution < 1.29 is 0 Å². The second-order valence-corrected chi connectivity index (χ2v) is 5.42. The summed E-state index contributed by atoms with van der Waals surface area (Å²) in [5, 5.41) is 0. The summed E-state index contributed by atoms with van der Waals surface area (Å²) < 4.78 is 0. The van der Waals surface area contributed by atoms with Crippen LogP contribution in [-0.2, 0) is 0 Å². The van der Waals surface area contributed by atoms with Crippen molar-refractivity contribution in [1.29, 1.82) is 0 Å². The summed E-state index contributed by atoms with van der Waals surface area (Å²) in [7, 11) is 2.14. The molecule has 1 fully saturated rings. The number of anilines is 1. The van der Waals surface area contributed by atoms with Crippen LogP contribution in [0, 0.1) is 13.8 Å². The predicted octanol–water partition coefficient (Wildman–Crippen LogP) is 2.62. The molecule has 0 radical (unpaired) electrons. The third-order valence-electron chi connectivity index (χ3n) is 3.55. The summed E-state index contributed by atoms with van der Waals surface area (Å²) in [6.07, 6.45) is 3.63. The molecule has 16 heavy (non-hydrogen) atoms. The molecule has 0 amide bonds. The van der Waals surface area contributed by atoms with Gasteiger partial charge in [0.2, 0.25) is 0 Å². The molecule has 88 valence electrons. The summed E-state index contributed by atoms with van der Waals surface area (Å²) in [6.45, 7) is 5.26. The number of hydrogen-bond acceptors (Lipinski definition) is 2. The van der Waals surface area contributed by atoms with Crippen molar-refractivity contribution in [3.05, 3.63) is 29.3 Å². The van der Waals surface area contributed by atoms with Crippen LogP contribution in [0.4, 0.5) is 5.69 Å². The van der Waals surface area contributed by atoms with Gasteiger partial charge in [0.1, 0.15) is 0 Å². The summed E-state index contributed by atoms with van der Waals surface area (Å²) >= 11 is 0. The zero-order chi connectivity index (χ0) is 11.8. The Labute approximate surface area is 98.4 Å². The third kappa shape index (κ3) is 2.38. The van der Waals surface area contributed by atoms with Crippen LogP contribution in [0.15, 0.2) is 18.2 Å². The Morgan fingerprint density at radius 1 is 1.19 bits per heavy atom. The fraction of sp³-hybridized carbons (Fsp3) is 0.571. The first kappa shape index (κ1) is 11.5. The van der Waals surface area contributed by atoms with E-state index >= 15 is 0 Å². The first-order valence-electron chi connectivity index (χ1n) is 6.07. The van der Waals surface area contributed by atoms with E-state index in [4.69, 9.17) is 5.73 Å². The van der Waals surface area contributed by atoms with E-state index in [9.17, 15) is 0 Å². The summed E-state index contributed by atoms with van der Waals surface area (Å²) in [6, 6.07) is 6.67. The topological polar surface area (TPSA) is 29.3 Å². The van der Waals surface area contributed by atoms with Crippen molar-refractivity contribution in [2.45, 2.75) is 38.6 Å². The number of benzene rings is 1. The highest BCUT2D eigenvalue weighted by atomic mass is 15.1. The maximum absolute atomic E-state index is 6.28. The van der Waals surface area contributed by atoms with E-state index in [-0.39, 0.29) is 5.54 Å². The molecular weight excluding hydrogens is 196 g/mol. The highest BCUT2D eigenvalue weighted by molar-refractivity contribution is 5.50. The Bertz CT molecular complexity index is 360. The van der Waals surface area contributed by atoms with Crippen LogP contribution >= 0.6 is 0 Å². The van der Waals surface area contributed by atoms with Crippen molar-refractivity contribution in [2.75, 3.05) is 18.5 Å². The summed E-state index contributed by atoms with van der Waals surface area (Å²) in [4.78, 5) is 2.29. The van der Waals surface area contributed by atoms with E-state index in [2.05, 4.69) is 44.0 Å². The van der Waals surface area contributed by atoms with Gasteiger partial charge in [-0.1, -0.05) is 6.07 Å². The first-order chi connectivity index (χ1) is 7.48. The van der Waals surface area contributed by atoms with Crippen molar-refractivity contribution in [2.24, 2.45) is 5.73 Å². The Morgan fingerprint density at radius 3 is 2.19 bits per heavy atom. The number of nitrogens with two attached hydrogens (primary N) is 1. The number of hydrogen-bond donors (Lipinski definition) is 1. The van der Waals surface area contributed by atoms with Gasteiger partial charge in [0.05, 0.1) is 0 Å². The standard InChI is InChI=1S/C14H22N2/c1-11-7-12(2)9-13(8-11)16(3)10-14(15)5-4-6-14/h7-9H,4-6,10,15H2,1-3H3. The van der Waals surface area contributed by atoms with E-state index in [0.29, 0.717) is 0 Å². The third-order valence-corrected chi connectivity index (χ3v) is 3.55. The minimum absolute atomic E-state index is 0.0619. The molecule has 0 spiro atoms. The maximum atomic E-state index is 6.28. The fourth-order valence-electron chi connectivity index (χ4n) is 2.52. The molecule has 1 aromatic rings. The SMILES string of the molecule is Cc1cc(C)cc(N(C)CC2(N)CCC2)c1. The second kappa shape index (κ2) is 4.10. The monoisotopic (exact) mass is 218 g/mol. The van der Waals surface area contributed by atoms with Gasteiger partial charge in [-0.3, -0.25) is 0 Å². The van der Waals surface area contributed by atoms with Crippen LogP contribution < -0.4 is 10.6 Å². The molecule has 2 N–H and O–H groups in total. The van der Waals surface area contributed by atoms with Crippen LogP contribution in [0.2, 0.25) is 0 Å². The molecule has 2 rings (SSSR count). The van der Waals surface area contributed by atoms with E-state index in [1.165, 1.54) is 36.1 Å². The Balaban J connectivity index is 2.10. The highest BCUT2D eigenvalue weighted by Gasteiger charge is 2.33. The molecule has 0 aliphatic heterocycles. The van der Waals surface area contributed by atoms with E-state index < -0.39 is 0 Å². The molecule has 0 atom stereocenters. The number of aryl methyl sites for hydroxylation is 2. The molecule has 1 aliphatic carbocycles. The van der Waals surface area contributed by atoms with Crippen molar-refractivity contribution >= 4 is 5.69 Å². The minimum Gasteiger partial charge on any atom is -0.373 e. The molecule has 1 saturated carbocycles. The molecule has 0 bridgehead atoms. The minimum atomic E-state index is 0.0619. The lowest BCUT2D eigenvalue weighted by atomic mass is 9.77. The fourth-order valence-corrected chi connectivity index (χ4v) is 2.52. The highest BCUT2D eigenvalue weighted by Crippen LogP contribution is 2.31. The van der Waals surface area contributed by atoms with Gasteiger partial charge < -0.3 is 10.6 Å². The van der Waals surface area contributed by atoms with Crippen molar-refractivity contribution in [1.82, 2.24) is 0 Å². The number of nitrogens with zero attached hydrogens (tertiary/aromatic N) is 1. The molecule has 0 unspecified atom stereocenters. The molecule has 0 heterocycles. The zero-order valence-corrected chi connectivity index (χ0v) is 10.6. The van der Waals surface area contributed by atoms with Gasteiger partial charge >= 0.3 is 0 Å². The van der Waals surface area contributed by atoms with Crippen LogP contribution in [0.25, 0.3) is 0 Å². The molecular formula is C14H22N2. The molecule has 0 aromatic heterocycles. The number of rotatable bonds is 3. The summed E-state index contributed by atoms with van der Waals surface area (Å²) in [5.41, 5.74) is 10.3. The first-order valence-corrected chi connectivity index (χ1v) is 6.07. The lowest BCUT2D eigenvalue weighted by Crippen LogP contribution is -2.54. The Kier molecular flexibility index (Phi) is 2.94. The lowest BCUT2D eigenvalue weighted by molar-refractivity contribution is 0.255. The Morgan fingerprint density at radius 2 is 1.75 bits per heavy atom. The average Bonchev–Trinajstić information content (AvgIpc) is 2.13. The van der Waals surface area contributed by atoms with Gasteiger partial charge in [0, 0.05) is 24.8 Å². The van der Waals surface area contributed by atoms with Gasteiger partial charge in [0.15, 0.2) is 0 Å². The van der Waals surface area contributed by atoms with E-state index in [1.54, 1.807) is 0 Å². The van der Waals surface area contributed by atoms with Crippen LogP contribution in [0.3, 0.4) is 0 Å². The molecule has 1 aliphatic rings. The van der Waals surface area contributed by atoms with Crippen LogP contribution in [0.5, 0.6) is 0 Å². The second-order valence-electron chi connectivity index (χ2n) is 5.42. The Hall–Kier alpha value is -1.02. The van der Waals surface area contributed by atoms with Gasteiger partial charge in [-0.05, 0) is 56.4 Å². The zero-order valence-electron chi connectivity index (χ0n) is 10.6. The van der Waals surface area contributed by atoms with E-state index in [1.807, 2.05) is 0 Å². The van der Waals surface area contributed by atoms with Gasteiger partial charge in [0.25, 0.3) is 0 Å². The van der Waals surface area contributed by atoms with Gasteiger partial charge in [-0.25, -0.2) is 0 Å². The van der Waals surface area contributed by atoms with Crippen LogP contribution in [-0.4, -0.2) is 19.1 Å². The maximum Gasteiger partial charge on any atom is 0.0369 e. The average molecular weight is 218 g/mol. The smallest absolute Gasteiger partial charge is 0.0369 e. The van der Waals surface area contributed by atoms with Gasteiger partial charge in [-0.15, -0.1) is 0 Å². The molecule has 2 heteroatoms. The number of likely N-dealkylation sites (N-methyl/N-ethyl adjacent to an activating group) is 1. The lowest BCUT2D eigenvalue weighted by Gasteiger charge is -2.41. The predicted molar refractivity (Wildman–Crippen MR) is 70.0 cm³/mol. The van der Waals surface area contributed by atoms with E-state index in [0.717, 1.165) is 6.54 Å².